The monoisotopic (exact) mass is 404 g/mol. The molecule has 2 amide bonds. The van der Waals surface area contributed by atoms with E-state index in [9.17, 15) is 9.59 Å². The molecular formula is C24H24N2O2S. The van der Waals surface area contributed by atoms with Crippen LogP contribution in [-0.4, -0.2) is 11.8 Å². The van der Waals surface area contributed by atoms with Crippen LogP contribution in [0.15, 0.2) is 77.8 Å². The Bertz CT molecular complexity index is 995. The number of rotatable bonds is 7. The first kappa shape index (κ1) is 20.6. The minimum absolute atomic E-state index is 0.133. The number of hydrogen-bond donors (Lipinski definition) is 2. The van der Waals surface area contributed by atoms with E-state index in [1.807, 2.05) is 73.8 Å². The van der Waals surface area contributed by atoms with Gasteiger partial charge in [-0.15, -0.1) is 11.3 Å². The van der Waals surface area contributed by atoms with Crippen molar-refractivity contribution in [3.8, 4) is 0 Å². The summed E-state index contributed by atoms with van der Waals surface area (Å²) in [4.78, 5) is 26.7. The van der Waals surface area contributed by atoms with Crippen LogP contribution in [0, 0.1) is 6.92 Å². The maximum absolute atomic E-state index is 13.1. The van der Waals surface area contributed by atoms with Gasteiger partial charge in [-0.1, -0.05) is 61.0 Å². The molecule has 1 atom stereocenters. The van der Waals surface area contributed by atoms with E-state index < -0.39 is 0 Å². The zero-order valence-electron chi connectivity index (χ0n) is 16.5. The normalized spacial score (nSPS) is 12.3. The maximum atomic E-state index is 13.1. The van der Waals surface area contributed by atoms with Gasteiger partial charge >= 0.3 is 0 Å². The number of aryl methyl sites for hydroxylation is 1. The summed E-state index contributed by atoms with van der Waals surface area (Å²) in [6.07, 6.45) is 2.46. The lowest BCUT2D eigenvalue weighted by atomic mass is 10.0. The van der Waals surface area contributed by atoms with Gasteiger partial charge < -0.3 is 10.6 Å². The molecule has 2 N–H and O–H groups in total. The van der Waals surface area contributed by atoms with Crippen LogP contribution < -0.4 is 10.6 Å². The second-order valence-electron chi connectivity index (χ2n) is 6.74. The van der Waals surface area contributed by atoms with Crippen molar-refractivity contribution in [1.82, 2.24) is 10.6 Å². The Morgan fingerprint density at radius 3 is 2.48 bits per heavy atom. The van der Waals surface area contributed by atoms with Gasteiger partial charge in [0.05, 0.1) is 6.04 Å². The third-order valence-electron chi connectivity index (χ3n) is 4.52. The standard InChI is InChI=1S/C24H24N2O2S/c1-3-21(18-10-5-4-6-11-18)25-24(28)22(16-20-13-8-14-29-20)26-23(27)19-12-7-9-17(2)15-19/h4-16,21H,3H2,1-2H3,(H,25,28)(H,26,27)/b22-16-. The fraction of sp³-hybridized carbons (Fsp3) is 0.167. The van der Waals surface area contributed by atoms with Gasteiger partial charge in [-0.05, 0) is 48.6 Å². The average molecular weight is 405 g/mol. The van der Waals surface area contributed by atoms with Crippen molar-refractivity contribution >= 4 is 29.2 Å². The van der Waals surface area contributed by atoms with E-state index in [2.05, 4.69) is 10.6 Å². The van der Waals surface area contributed by atoms with Crippen LogP contribution in [0.5, 0.6) is 0 Å². The predicted molar refractivity (Wildman–Crippen MR) is 119 cm³/mol. The number of thiophene rings is 1. The van der Waals surface area contributed by atoms with E-state index in [1.54, 1.807) is 18.2 Å². The fourth-order valence-corrected chi connectivity index (χ4v) is 3.65. The molecule has 5 heteroatoms. The third kappa shape index (κ3) is 5.65. The Labute approximate surface area is 175 Å². The molecule has 1 heterocycles. The van der Waals surface area contributed by atoms with Gasteiger partial charge in [0, 0.05) is 10.4 Å². The topological polar surface area (TPSA) is 58.2 Å². The van der Waals surface area contributed by atoms with Gasteiger partial charge in [0.2, 0.25) is 0 Å². The lowest BCUT2D eigenvalue weighted by Gasteiger charge is -2.19. The molecule has 0 bridgehead atoms. The minimum atomic E-state index is -0.310. The minimum Gasteiger partial charge on any atom is -0.344 e. The Balaban J connectivity index is 1.83. The molecule has 1 aromatic heterocycles. The molecule has 0 aliphatic heterocycles. The molecule has 2 aromatic carbocycles. The highest BCUT2D eigenvalue weighted by atomic mass is 32.1. The van der Waals surface area contributed by atoms with E-state index in [1.165, 1.54) is 11.3 Å². The van der Waals surface area contributed by atoms with Gasteiger partial charge in [0.1, 0.15) is 5.70 Å². The van der Waals surface area contributed by atoms with Crippen LogP contribution in [0.1, 0.15) is 45.7 Å². The average Bonchev–Trinajstić information content (AvgIpc) is 3.25. The highest BCUT2D eigenvalue weighted by Crippen LogP contribution is 2.18. The molecule has 4 nitrogen and oxygen atoms in total. The molecule has 0 radical (unpaired) electrons. The zero-order valence-corrected chi connectivity index (χ0v) is 17.3. The van der Waals surface area contributed by atoms with Gasteiger partial charge in [-0.2, -0.15) is 0 Å². The van der Waals surface area contributed by atoms with Crippen molar-refractivity contribution in [2.75, 3.05) is 0 Å². The lowest BCUT2D eigenvalue weighted by molar-refractivity contribution is -0.118. The SMILES string of the molecule is CCC(NC(=O)/C(=C/c1cccs1)NC(=O)c1cccc(C)c1)c1ccccc1. The summed E-state index contributed by atoms with van der Waals surface area (Å²) in [5.74, 6) is -0.616. The Morgan fingerprint density at radius 1 is 1.03 bits per heavy atom. The lowest BCUT2D eigenvalue weighted by Crippen LogP contribution is -2.36. The van der Waals surface area contributed by atoms with E-state index in [4.69, 9.17) is 0 Å². The van der Waals surface area contributed by atoms with E-state index in [0.29, 0.717) is 5.56 Å². The molecule has 148 valence electrons. The van der Waals surface area contributed by atoms with Crippen LogP contribution in [0.4, 0.5) is 0 Å². The molecule has 0 aliphatic rings. The second-order valence-corrected chi connectivity index (χ2v) is 7.72. The summed E-state index contributed by atoms with van der Waals surface area (Å²) in [6.45, 7) is 3.95. The molecule has 1 unspecified atom stereocenters. The molecule has 3 rings (SSSR count). The quantitative estimate of drug-likeness (QED) is 0.539. The highest BCUT2D eigenvalue weighted by molar-refractivity contribution is 7.10. The molecule has 29 heavy (non-hydrogen) atoms. The van der Waals surface area contributed by atoms with Gasteiger partial charge in [0.15, 0.2) is 0 Å². The van der Waals surface area contributed by atoms with Crippen LogP contribution in [0.25, 0.3) is 6.08 Å². The van der Waals surface area contributed by atoms with Crippen molar-refractivity contribution in [2.24, 2.45) is 0 Å². The van der Waals surface area contributed by atoms with Crippen LogP contribution >= 0.6 is 11.3 Å². The van der Waals surface area contributed by atoms with Crippen molar-refractivity contribution in [1.29, 1.82) is 0 Å². The number of carbonyl (C=O) groups is 2. The molecule has 0 spiro atoms. The number of amides is 2. The Kier molecular flexibility index (Phi) is 6.98. The Morgan fingerprint density at radius 2 is 1.83 bits per heavy atom. The first-order valence-electron chi connectivity index (χ1n) is 9.56. The number of nitrogens with one attached hydrogen (secondary N) is 2. The molecule has 0 aliphatic carbocycles. The molecule has 0 saturated carbocycles. The van der Waals surface area contributed by atoms with Crippen molar-refractivity contribution < 1.29 is 9.59 Å². The van der Waals surface area contributed by atoms with Crippen LogP contribution in [0.2, 0.25) is 0 Å². The van der Waals surface area contributed by atoms with E-state index in [0.717, 1.165) is 22.4 Å². The summed E-state index contributed by atoms with van der Waals surface area (Å²) in [7, 11) is 0. The predicted octanol–water partition coefficient (Wildman–Crippen LogP) is 5.09. The maximum Gasteiger partial charge on any atom is 0.268 e. The summed E-state index contributed by atoms with van der Waals surface area (Å²) in [5.41, 5.74) is 2.77. The van der Waals surface area contributed by atoms with Crippen LogP contribution in [0.3, 0.4) is 0 Å². The second kappa shape index (κ2) is 9.85. The number of carbonyl (C=O) groups excluding carboxylic acids is 2. The summed E-state index contributed by atoms with van der Waals surface area (Å²) in [6, 6.07) is 20.8. The van der Waals surface area contributed by atoms with Crippen molar-refractivity contribution in [3.63, 3.8) is 0 Å². The van der Waals surface area contributed by atoms with Crippen molar-refractivity contribution in [3.05, 3.63) is 99.4 Å². The summed E-state index contributed by atoms with van der Waals surface area (Å²) >= 11 is 1.51. The molecule has 0 fully saturated rings. The fourth-order valence-electron chi connectivity index (χ4n) is 3.00. The smallest absolute Gasteiger partial charge is 0.268 e. The Hall–Kier alpha value is -3.18. The highest BCUT2D eigenvalue weighted by Gasteiger charge is 2.19. The molecule has 3 aromatic rings. The van der Waals surface area contributed by atoms with E-state index >= 15 is 0 Å². The first-order valence-corrected chi connectivity index (χ1v) is 10.4. The summed E-state index contributed by atoms with van der Waals surface area (Å²) < 4.78 is 0. The van der Waals surface area contributed by atoms with E-state index in [-0.39, 0.29) is 23.6 Å². The van der Waals surface area contributed by atoms with Crippen molar-refractivity contribution in [2.45, 2.75) is 26.3 Å². The third-order valence-corrected chi connectivity index (χ3v) is 5.34. The van der Waals surface area contributed by atoms with Gasteiger partial charge in [0.25, 0.3) is 11.8 Å². The number of hydrogen-bond acceptors (Lipinski definition) is 3. The summed E-state index contributed by atoms with van der Waals surface area (Å²) in [5, 5.41) is 7.78. The molecule has 0 saturated heterocycles. The molecular weight excluding hydrogens is 380 g/mol. The van der Waals surface area contributed by atoms with Crippen LogP contribution in [-0.2, 0) is 4.79 Å². The number of benzene rings is 2. The van der Waals surface area contributed by atoms with Gasteiger partial charge in [-0.25, -0.2) is 0 Å². The largest absolute Gasteiger partial charge is 0.344 e. The zero-order chi connectivity index (χ0) is 20.6. The first-order chi connectivity index (χ1) is 14.1. The van der Waals surface area contributed by atoms with Gasteiger partial charge in [-0.3, -0.25) is 9.59 Å².